The fourth-order valence-corrected chi connectivity index (χ4v) is 5.06. The lowest BCUT2D eigenvalue weighted by Gasteiger charge is -2.16. The van der Waals surface area contributed by atoms with Gasteiger partial charge < -0.3 is 0 Å². The van der Waals surface area contributed by atoms with Gasteiger partial charge in [-0.15, -0.1) is 0 Å². The molecule has 0 saturated heterocycles. The molecule has 1 heterocycles. The van der Waals surface area contributed by atoms with Gasteiger partial charge in [0.15, 0.2) is 5.71 Å². The van der Waals surface area contributed by atoms with Crippen LogP contribution in [-0.2, 0) is 18.3 Å². The van der Waals surface area contributed by atoms with Gasteiger partial charge in [0, 0.05) is 18.6 Å². The third kappa shape index (κ3) is 1.95. The number of nitrogens with zero attached hydrogens (tertiary/aromatic N) is 1. The maximum Gasteiger partial charge on any atom is 0.209 e. The highest BCUT2D eigenvalue weighted by Gasteiger charge is 2.42. The van der Waals surface area contributed by atoms with Crippen molar-refractivity contribution in [1.29, 1.82) is 0 Å². The highest BCUT2D eigenvalue weighted by Crippen LogP contribution is 2.43. The third-order valence-electron chi connectivity index (χ3n) is 6.77. The monoisotopic (exact) mass is 340 g/mol. The average Bonchev–Trinajstić information content (AvgIpc) is 3.15. The summed E-state index contributed by atoms with van der Waals surface area (Å²) in [5.74, 6) is 0. The largest absolute Gasteiger partial charge is 0.209 e. The third-order valence-corrected chi connectivity index (χ3v) is 6.77. The number of aryl methyl sites for hydroxylation is 2. The van der Waals surface area contributed by atoms with Gasteiger partial charge in [0.25, 0.3) is 0 Å². The predicted molar refractivity (Wildman–Crippen MR) is 111 cm³/mol. The van der Waals surface area contributed by atoms with Gasteiger partial charge in [-0.05, 0) is 78.8 Å². The van der Waals surface area contributed by atoms with E-state index >= 15 is 0 Å². The Balaban J connectivity index is 1.74. The summed E-state index contributed by atoms with van der Waals surface area (Å²) >= 11 is 0. The zero-order valence-corrected chi connectivity index (χ0v) is 16.2. The van der Waals surface area contributed by atoms with E-state index in [2.05, 4.69) is 80.8 Å². The Hall–Kier alpha value is -2.41. The van der Waals surface area contributed by atoms with Gasteiger partial charge in [-0.25, -0.2) is 0 Å². The van der Waals surface area contributed by atoms with Crippen molar-refractivity contribution < 1.29 is 4.58 Å². The second kappa shape index (κ2) is 5.30. The first-order valence-electron chi connectivity index (χ1n) is 9.82. The molecule has 0 spiro atoms. The van der Waals surface area contributed by atoms with Crippen molar-refractivity contribution in [3.8, 4) is 11.1 Å². The molecule has 130 valence electrons. The van der Waals surface area contributed by atoms with E-state index in [1.807, 2.05) is 0 Å². The quantitative estimate of drug-likeness (QED) is 0.502. The maximum atomic E-state index is 2.46. The lowest BCUT2D eigenvalue weighted by Crippen LogP contribution is -2.26. The van der Waals surface area contributed by atoms with Crippen LogP contribution in [0.3, 0.4) is 0 Å². The molecule has 0 amide bonds. The molecule has 0 unspecified atom stereocenters. The van der Waals surface area contributed by atoms with Crippen LogP contribution in [-0.4, -0.2) is 16.8 Å². The second-order valence-electron chi connectivity index (χ2n) is 8.30. The molecule has 0 fully saturated rings. The first kappa shape index (κ1) is 15.8. The standard InChI is InChI=1S/C25H26N/c1-5-26-16(2)25(3,4)22-15-19(12-14-23(22)26)20-13-11-18-10-9-17-7-6-8-21(20)24(17)18/h6-8,11-15H,5,9-10H2,1-4H3/q+1. The molecular formula is C25H26N+. The molecule has 5 rings (SSSR count). The van der Waals surface area contributed by atoms with E-state index in [1.54, 1.807) is 0 Å². The van der Waals surface area contributed by atoms with Crippen LogP contribution in [0.25, 0.3) is 21.9 Å². The van der Waals surface area contributed by atoms with E-state index in [9.17, 15) is 0 Å². The van der Waals surface area contributed by atoms with E-state index in [-0.39, 0.29) is 5.41 Å². The fourth-order valence-electron chi connectivity index (χ4n) is 5.06. The Kier molecular flexibility index (Phi) is 3.22. The van der Waals surface area contributed by atoms with E-state index in [0.29, 0.717) is 0 Å². The minimum Gasteiger partial charge on any atom is -0.199 e. The zero-order chi connectivity index (χ0) is 18.1. The fraction of sp³-hybridized carbons (Fsp3) is 0.320. The molecule has 0 saturated carbocycles. The molecule has 26 heavy (non-hydrogen) atoms. The van der Waals surface area contributed by atoms with Crippen molar-refractivity contribution in [3.05, 3.63) is 65.2 Å². The summed E-state index contributed by atoms with van der Waals surface area (Å²) in [4.78, 5) is 0. The first-order chi connectivity index (χ1) is 12.5. The molecule has 0 atom stereocenters. The Morgan fingerprint density at radius 2 is 1.73 bits per heavy atom. The summed E-state index contributed by atoms with van der Waals surface area (Å²) < 4.78 is 2.46. The van der Waals surface area contributed by atoms with Gasteiger partial charge in [0.2, 0.25) is 5.69 Å². The minimum absolute atomic E-state index is 0.0935. The zero-order valence-electron chi connectivity index (χ0n) is 16.2. The Morgan fingerprint density at radius 1 is 0.962 bits per heavy atom. The molecule has 0 N–H and O–H groups in total. The topological polar surface area (TPSA) is 3.01 Å². The number of rotatable bonds is 2. The van der Waals surface area contributed by atoms with Crippen LogP contribution in [0.2, 0.25) is 0 Å². The summed E-state index contributed by atoms with van der Waals surface area (Å²) in [6, 6.07) is 18.6. The summed E-state index contributed by atoms with van der Waals surface area (Å²) in [5.41, 5.74) is 10.1. The summed E-state index contributed by atoms with van der Waals surface area (Å²) in [7, 11) is 0. The smallest absolute Gasteiger partial charge is 0.199 e. The molecule has 2 aliphatic rings. The van der Waals surface area contributed by atoms with Gasteiger partial charge >= 0.3 is 0 Å². The number of hydrogen-bond acceptors (Lipinski definition) is 0. The number of hydrogen-bond donors (Lipinski definition) is 0. The Labute approximate surface area is 156 Å². The molecule has 1 heteroatoms. The lowest BCUT2D eigenvalue weighted by atomic mass is 9.81. The van der Waals surface area contributed by atoms with Gasteiger partial charge in [0.05, 0.1) is 5.41 Å². The van der Waals surface area contributed by atoms with Gasteiger partial charge in [-0.1, -0.05) is 30.3 Å². The molecular weight excluding hydrogens is 314 g/mol. The molecule has 1 aliphatic carbocycles. The van der Waals surface area contributed by atoms with Crippen LogP contribution in [0, 0.1) is 0 Å². The lowest BCUT2D eigenvalue weighted by molar-refractivity contribution is -0.434. The van der Waals surface area contributed by atoms with Crippen molar-refractivity contribution >= 4 is 22.2 Å². The van der Waals surface area contributed by atoms with Crippen molar-refractivity contribution in [1.82, 2.24) is 0 Å². The summed E-state index contributed by atoms with van der Waals surface area (Å²) in [5, 5.41) is 2.92. The molecule has 0 aromatic heterocycles. The Bertz CT molecular complexity index is 1090. The van der Waals surface area contributed by atoms with E-state index in [0.717, 1.165) is 6.54 Å². The predicted octanol–water partition coefficient (Wildman–Crippen LogP) is 6.02. The summed E-state index contributed by atoms with van der Waals surface area (Å²) in [6.07, 6.45) is 2.37. The number of fused-ring (bicyclic) bond motifs is 1. The van der Waals surface area contributed by atoms with Crippen molar-refractivity contribution in [3.63, 3.8) is 0 Å². The molecule has 0 bridgehead atoms. The van der Waals surface area contributed by atoms with E-state index in [1.165, 1.54) is 62.8 Å². The van der Waals surface area contributed by atoms with Gasteiger partial charge in [0.1, 0.15) is 6.54 Å². The average molecular weight is 340 g/mol. The number of benzene rings is 3. The van der Waals surface area contributed by atoms with Crippen LogP contribution < -0.4 is 0 Å². The van der Waals surface area contributed by atoms with Crippen molar-refractivity contribution in [2.45, 2.75) is 46.0 Å². The van der Waals surface area contributed by atoms with Gasteiger partial charge in [-0.2, -0.15) is 4.58 Å². The van der Waals surface area contributed by atoms with Crippen LogP contribution >= 0.6 is 0 Å². The maximum absolute atomic E-state index is 2.46. The first-order valence-corrected chi connectivity index (χ1v) is 9.82. The van der Waals surface area contributed by atoms with Crippen LogP contribution in [0.1, 0.15) is 44.4 Å². The Morgan fingerprint density at radius 3 is 2.50 bits per heavy atom. The van der Waals surface area contributed by atoms with E-state index < -0.39 is 0 Å². The van der Waals surface area contributed by atoms with Crippen LogP contribution in [0.4, 0.5) is 5.69 Å². The normalized spacial score (nSPS) is 17.2. The SMILES string of the molecule is CC[N+]1=C(C)C(C)(C)c2cc(-c3ccc4c5c(cccc35)CC4)ccc21. The molecule has 3 aromatic carbocycles. The minimum atomic E-state index is 0.0935. The van der Waals surface area contributed by atoms with E-state index in [4.69, 9.17) is 0 Å². The molecule has 1 nitrogen and oxygen atoms in total. The second-order valence-corrected chi connectivity index (χ2v) is 8.30. The highest BCUT2D eigenvalue weighted by atomic mass is 15.0. The van der Waals surface area contributed by atoms with Crippen LogP contribution in [0.15, 0.2) is 48.5 Å². The summed E-state index contributed by atoms with van der Waals surface area (Å²) in [6.45, 7) is 10.3. The molecule has 0 radical (unpaired) electrons. The van der Waals surface area contributed by atoms with Gasteiger partial charge in [-0.3, -0.25) is 0 Å². The van der Waals surface area contributed by atoms with Crippen LogP contribution in [0.5, 0.6) is 0 Å². The van der Waals surface area contributed by atoms with Crippen molar-refractivity contribution in [2.24, 2.45) is 0 Å². The van der Waals surface area contributed by atoms with Crippen molar-refractivity contribution in [2.75, 3.05) is 6.54 Å². The highest BCUT2D eigenvalue weighted by molar-refractivity contribution is 6.02. The molecule has 3 aromatic rings. The molecule has 1 aliphatic heterocycles.